The normalized spacial score (nSPS) is 13.2. The molecule has 0 unspecified atom stereocenters. The van der Waals surface area contributed by atoms with Gasteiger partial charge in [0, 0.05) is 22.2 Å². The zero-order valence-electron chi connectivity index (χ0n) is 26.0. The van der Waals surface area contributed by atoms with Gasteiger partial charge in [0.25, 0.3) is 0 Å². The molecular formula is C45H33N. The van der Waals surface area contributed by atoms with E-state index < -0.39 is 0 Å². The minimum absolute atomic E-state index is 0.0736. The van der Waals surface area contributed by atoms with Gasteiger partial charge in [-0.15, -0.1) is 0 Å². The van der Waals surface area contributed by atoms with Crippen molar-refractivity contribution in [3.05, 3.63) is 175 Å². The fourth-order valence-electron chi connectivity index (χ4n) is 7.83. The molecule has 0 N–H and O–H groups in total. The zero-order valence-corrected chi connectivity index (χ0v) is 26.0. The van der Waals surface area contributed by atoms with Crippen molar-refractivity contribution < 1.29 is 0 Å². The first-order valence-electron chi connectivity index (χ1n) is 16.1. The highest BCUT2D eigenvalue weighted by Crippen LogP contribution is 2.55. The van der Waals surface area contributed by atoms with Gasteiger partial charge in [-0.25, -0.2) is 0 Å². The summed E-state index contributed by atoms with van der Waals surface area (Å²) in [5.74, 6) is 0. The summed E-state index contributed by atoms with van der Waals surface area (Å²) in [5, 5.41) is 7.57. The van der Waals surface area contributed by atoms with E-state index in [1.807, 2.05) is 0 Å². The van der Waals surface area contributed by atoms with Gasteiger partial charge < -0.3 is 4.90 Å². The van der Waals surface area contributed by atoms with Crippen LogP contribution in [0.2, 0.25) is 0 Å². The van der Waals surface area contributed by atoms with Crippen molar-refractivity contribution in [1.29, 1.82) is 0 Å². The minimum Gasteiger partial charge on any atom is -0.310 e. The van der Waals surface area contributed by atoms with Crippen LogP contribution in [0.5, 0.6) is 0 Å². The van der Waals surface area contributed by atoms with Crippen molar-refractivity contribution in [1.82, 2.24) is 0 Å². The van der Waals surface area contributed by atoms with E-state index in [2.05, 4.69) is 183 Å². The standard InChI is InChI=1S/C45H33N/c1-45(2)41-21-11-10-20-39(41)43-40(29-33-14-7-9-19-38(33)44(43)45)34-24-23-32-28-36(26-25-31(32)27-34)46(35-16-4-3-5-17-35)42-22-12-15-30-13-6-8-18-37(30)42/h3-29H,1-2H3. The van der Waals surface area contributed by atoms with Gasteiger partial charge in [-0.2, -0.15) is 0 Å². The van der Waals surface area contributed by atoms with Crippen LogP contribution in [-0.4, -0.2) is 0 Å². The molecule has 0 fully saturated rings. The van der Waals surface area contributed by atoms with Crippen LogP contribution in [0.15, 0.2) is 164 Å². The summed E-state index contributed by atoms with van der Waals surface area (Å²) in [4.78, 5) is 2.38. The molecular weight excluding hydrogens is 555 g/mol. The Kier molecular flexibility index (Phi) is 5.92. The van der Waals surface area contributed by atoms with Crippen LogP contribution in [0.4, 0.5) is 17.1 Å². The Labute approximate surface area is 270 Å². The lowest BCUT2D eigenvalue weighted by molar-refractivity contribution is 0.666. The molecule has 0 spiro atoms. The molecule has 1 nitrogen and oxygen atoms in total. The Morgan fingerprint density at radius 1 is 0.435 bits per heavy atom. The molecule has 0 amide bonds. The van der Waals surface area contributed by atoms with E-state index in [0.717, 1.165) is 11.4 Å². The Bertz CT molecular complexity index is 2450. The van der Waals surface area contributed by atoms with Gasteiger partial charge in [-0.1, -0.05) is 135 Å². The van der Waals surface area contributed by atoms with Gasteiger partial charge in [0.2, 0.25) is 0 Å². The van der Waals surface area contributed by atoms with Crippen LogP contribution in [-0.2, 0) is 5.41 Å². The molecule has 1 aliphatic carbocycles. The van der Waals surface area contributed by atoms with Crippen LogP contribution in [0.25, 0.3) is 54.6 Å². The van der Waals surface area contributed by atoms with E-state index in [1.54, 1.807) is 0 Å². The lowest BCUT2D eigenvalue weighted by Gasteiger charge is -2.27. The molecule has 8 aromatic rings. The van der Waals surface area contributed by atoms with Crippen molar-refractivity contribution in [2.45, 2.75) is 19.3 Å². The predicted octanol–water partition coefficient (Wildman–Crippen LogP) is 12.6. The summed E-state index contributed by atoms with van der Waals surface area (Å²) in [5.41, 5.74) is 11.5. The molecule has 0 radical (unpaired) electrons. The number of rotatable bonds is 4. The van der Waals surface area contributed by atoms with E-state index in [4.69, 9.17) is 0 Å². The fourth-order valence-corrected chi connectivity index (χ4v) is 7.83. The highest BCUT2D eigenvalue weighted by molar-refractivity contribution is 6.06. The van der Waals surface area contributed by atoms with Gasteiger partial charge in [0.05, 0.1) is 5.69 Å². The quantitative estimate of drug-likeness (QED) is 0.198. The number of benzene rings is 8. The number of hydrogen-bond donors (Lipinski definition) is 0. The van der Waals surface area contributed by atoms with Gasteiger partial charge in [0.15, 0.2) is 0 Å². The largest absolute Gasteiger partial charge is 0.310 e. The second-order valence-electron chi connectivity index (χ2n) is 13.0. The van der Waals surface area contributed by atoms with Crippen LogP contribution in [0.1, 0.15) is 25.0 Å². The molecule has 8 aromatic carbocycles. The molecule has 1 aliphatic rings. The van der Waals surface area contributed by atoms with Crippen LogP contribution < -0.4 is 4.90 Å². The Hall–Kier alpha value is -5.66. The van der Waals surface area contributed by atoms with E-state index in [9.17, 15) is 0 Å². The minimum atomic E-state index is -0.0736. The molecule has 0 saturated heterocycles. The maximum absolute atomic E-state index is 2.40. The van der Waals surface area contributed by atoms with Gasteiger partial charge in [0.1, 0.15) is 0 Å². The lowest BCUT2D eigenvalue weighted by Crippen LogP contribution is -2.15. The number of fused-ring (bicyclic) bond motifs is 7. The maximum Gasteiger partial charge on any atom is 0.0540 e. The molecule has 218 valence electrons. The molecule has 1 heteroatoms. The Morgan fingerprint density at radius 2 is 1.11 bits per heavy atom. The summed E-state index contributed by atoms with van der Waals surface area (Å²) in [6.45, 7) is 4.76. The number of para-hydroxylation sites is 1. The summed E-state index contributed by atoms with van der Waals surface area (Å²) in [6, 6.07) is 60.0. The van der Waals surface area contributed by atoms with Gasteiger partial charge in [-0.05, 0) is 103 Å². The third-order valence-electron chi connectivity index (χ3n) is 9.96. The van der Waals surface area contributed by atoms with E-state index in [-0.39, 0.29) is 5.41 Å². The van der Waals surface area contributed by atoms with E-state index in [1.165, 1.54) is 71.4 Å². The van der Waals surface area contributed by atoms with Crippen molar-refractivity contribution >= 4 is 49.4 Å². The Balaban J connectivity index is 1.22. The number of anilines is 3. The van der Waals surface area contributed by atoms with Crippen molar-refractivity contribution in [3.8, 4) is 22.3 Å². The topological polar surface area (TPSA) is 3.24 Å². The molecule has 9 rings (SSSR count). The Morgan fingerprint density at radius 3 is 1.98 bits per heavy atom. The van der Waals surface area contributed by atoms with Gasteiger partial charge in [-0.3, -0.25) is 0 Å². The molecule has 0 atom stereocenters. The molecule has 0 aromatic heterocycles. The fraction of sp³-hybridized carbons (Fsp3) is 0.0667. The number of hydrogen-bond acceptors (Lipinski definition) is 1. The smallest absolute Gasteiger partial charge is 0.0540 e. The second-order valence-corrected chi connectivity index (χ2v) is 13.0. The highest BCUT2D eigenvalue weighted by Gasteiger charge is 2.38. The third-order valence-corrected chi connectivity index (χ3v) is 9.96. The van der Waals surface area contributed by atoms with Crippen LogP contribution in [0, 0.1) is 0 Å². The summed E-state index contributed by atoms with van der Waals surface area (Å²) in [6.07, 6.45) is 0. The summed E-state index contributed by atoms with van der Waals surface area (Å²) < 4.78 is 0. The van der Waals surface area contributed by atoms with Crippen molar-refractivity contribution in [2.75, 3.05) is 4.90 Å². The van der Waals surface area contributed by atoms with E-state index in [0.29, 0.717) is 0 Å². The van der Waals surface area contributed by atoms with Crippen molar-refractivity contribution in [2.24, 2.45) is 0 Å². The average molecular weight is 588 g/mol. The molecule has 46 heavy (non-hydrogen) atoms. The zero-order chi connectivity index (χ0) is 30.8. The molecule has 0 bridgehead atoms. The molecule has 0 aliphatic heterocycles. The van der Waals surface area contributed by atoms with Crippen LogP contribution >= 0.6 is 0 Å². The number of nitrogens with zero attached hydrogens (tertiary/aromatic N) is 1. The lowest BCUT2D eigenvalue weighted by atomic mass is 9.79. The molecule has 0 saturated carbocycles. The highest BCUT2D eigenvalue weighted by atomic mass is 15.1. The van der Waals surface area contributed by atoms with Gasteiger partial charge >= 0.3 is 0 Å². The maximum atomic E-state index is 2.40. The molecule has 0 heterocycles. The van der Waals surface area contributed by atoms with E-state index >= 15 is 0 Å². The first-order chi connectivity index (χ1) is 22.6. The second kappa shape index (κ2) is 10.2. The van der Waals surface area contributed by atoms with Crippen LogP contribution in [0.3, 0.4) is 0 Å². The monoisotopic (exact) mass is 587 g/mol. The third kappa shape index (κ3) is 4.02. The predicted molar refractivity (Wildman–Crippen MR) is 197 cm³/mol. The summed E-state index contributed by atoms with van der Waals surface area (Å²) >= 11 is 0. The van der Waals surface area contributed by atoms with Crippen molar-refractivity contribution in [3.63, 3.8) is 0 Å². The SMILES string of the molecule is CC1(C)c2ccccc2-c2c(-c3ccc4cc(N(c5ccccc5)c5cccc6ccccc56)ccc4c3)cc3ccccc3c21. The average Bonchev–Trinajstić information content (AvgIpc) is 3.35. The first-order valence-corrected chi connectivity index (χ1v) is 16.1. The first kappa shape index (κ1) is 26.7. The summed E-state index contributed by atoms with van der Waals surface area (Å²) in [7, 11) is 0.